The maximum absolute atomic E-state index is 11.9. The molecule has 1 aliphatic rings. The minimum Gasteiger partial charge on any atom is -0.389 e. The van der Waals surface area contributed by atoms with Gasteiger partial charge in [0.1, 0.15) is 5.82 Å². The standard InChI is InChI=1S/C15H23N3O2/c1-18(2)13-9-12(5-8-16-13)11-17-14(19)10-15(20)6-3-4-7-15/h5,8-9,20H,3-4,6-7,10-11H2,1-2H3,(H,17,19). The van der Waals surface area contributed by atoms with E-state index in [4.69, 9.17) is 0 Å². The Balaban J connectivity index is 1.85. The minimum atomic E-state index is -0.781. The summed E-state index contributed by atoms with van der Waals surface area (Å²) in [5, 5.41) is 13.1. The zero-order valence-corrected chi connectivity index (χ0v) is 12.2. The quantitative estimate of drug-likeness (QED) is 0.855. The molecule has 1 aliphatic carbocycles. The van der Waals surface area contributed by atoms with Gasteiger partial charge in [-0.25, -0.2) is 4.98 Å². The predicted octanol–water partition coefficient (Wildman–Crippen LogP) is 1.46. The fourth-order valence-electron chi connectivity index (χ4n) is 2.59. The molecule has 1 saturated carbocycles. The third-order valence-corrected chi connectivity index (χ3v) is 3.78. The largest absolute Gasteiger partial charge is 0.389 e. The highest BCUT2D eigenvalue weighted by Crippen LogP contribution is 2.32. The molecule has 0 aliphatic heterocycles. The number of aromatic nitrogens is 1. The highest BCUT2D eigenvalue weighted by molar-refractivity contribution is 5.77. The molecule has 0 spiro atoms. The number of hydrogen-bond acceptors (Lipinski definition) is 4. The average molecular weight is 277 g/mol. The van der Waals surface area contributed by atoms with Gasteiger partial charge in [-0.1, -0.05) is 12.8 Å². The molecule has 1 heterocycles. The van der Waals surface area contributed by atoms with E-state index in [2.05, 4.69) is 10.3 Å². The Morgan fingerprint density at radius 3 is 2.80 bits per heavy atom. The van der Waals surface area contributed by atoms with Crippen molar-refractivity contribution in [2.24, 2.45) is 0 Å². The monoisotopic (exact) mass is 277 g/mol. The molecular formula is C15H23N3O2. The molecule has 0 unspecified atom stereocenters. The van der Waals surface area contributed by atoms with Gasteiger partial charge in [-0.2, -0.15) is 0 Å². The summed E-state index contributed by atoms with van der Waals surface area (Å²) in [5.74, 6) is 0.781. The molecule has 0 radical (unpaired) electrons. The van der Waals surface area contributed by atoms with Crippen molar-refractivity contribution < 1.29 is 9.90 Å². The molecule has 2 rings (SSSR count). The van der Waals surface area contributed by atoms with Crippen LogP contribution in [0.4, 0.5) is 5.82 Å². The molecule has 0 bridgehead atoms. The van der Waals surface area contributed by atoms with Gasteiger partial charge in [-0.05, 0) is 30.5 Å². The first-order valence-corrected chi connectivity index (χ1v) is 7.10. The van der Waals surface area contributed by atoms with Crippen LogP contribution in [0.1, 0.15) is 37.7 Å². The predicted molar refractivity (Wildman–Crippen MR) is 78.4 cm³/mol. The topological polar surface area (TPSA) is 65.5 Å². The van der Waals surface area contributed by atoms with Crippen molar-refractivity contribution >= 4 is 11.7 Å². The number of pyridine rings is 1. The van der Waals surface area contributed by atoms with Crippen LogP contribution < -0.4 is 10.2 Å². The number of carbonyl (C=O) groups excluding carboxylic acids is 1. The number of nitrogens with one attached hydrogen (secondary N) is 1. The molecule has 5 heteroatoms. The Kier molecular flexibility index (Phi) is 4.60. The number of anilines is 1. The lowest BCUT2D eigenvalue weighted by Gasteiger charge is -2.21. The lowest BCUT2D eigenvalue weighted by molar-refractivity contribution is -0.126. The molecular weight excluding hydrogens is 254 g/mol. The van der Waals surface area contributed by atoms with E-state index < -0.39 is 5.60 Å². The van der Waals surface area contributed by atoms with Gasteiger partial charge in [-0.3, -0.25) is 4.79 Å². The van der Waals surface area contributed by atoms with Crippen LogP contribution in [0.25, 0.3) is 0 Å². The summed E-state index contributed by atoms with van der Waals surface area (Å²) < 4.78 is 0. The van der Waals surface area contributed by atoms with Gasteiger partial charge in [0.15, 0.2) is 0 Å². The van der Waals surface area contributed by atoms with Crippen LogP contribution >= 0.6 is 0 Å². The van der Waals surface area contributed by atoms with Crippen molar-refractivity contribution in [1.29, 1.82) is 0 Å². The third-order valence-electron chi connectivity index (χ3n) is 3.78. The molecule has 1 aromatic heterocycles. The second-order valence-electron chi connectivity index (χ2n) is 5.80. The van der Waals surface area contributed by atoms with E-state index >= 15 is 0 Å². The molecule has 110 valence electrons. The Morgan fingerprint density at radius 2 is 2.15 bits per heavy atom. The smallest absolute Gasteiger partial charge is 0.223 e. The highest BCUT2D eigenvalue weighted by atomic mass is 16.3. The summed E-state index contributed by atoms with van der Waals surface area (Å²) in [5.41, 5.74) is 0.229. The summed E-state index contributed by atoms with van der Waals surface area (Å²) in [6.07, 6.45) is 5.45. The van der Waals surface area contributed by atoms with Crippen LogP contribution in [-0.4, -0.2) is 35.7 Å². The zero-order chi connectivity index (χ0) is 14.6. The fraction of sp³-hybridized carbons (Fsp3) is 0.600. The molecule has 2 N–H and O–H groups in total. The molecule has 5 nitrogen and oxygen atoms in total. The first-order chi connectivity index (χ1) is 9.48. The Hall–Kier alpha value is -1.62. The van der Waals surface area contributed by atoms with Crippen LogP contribution in [0.5, 0.6) is 0 Å². The molecule has 0 atom stereocenters. The highest BCUT2D eigenvalue weighted by Gasteiger charge is 2.33. The Bertz CT molecular complexity index is 468. The molecule has 20 heavy (non-hydrogen) atoms. The summed E-state index contributed by atoms with van der Waals surface area (Å²) in [6.45, 7) is 0.471. The minimum absolute atomic E-state index is 0.0855. The van der Waals surface area contributed by atoms with Crippen molar-refractivity contribution in [2.75, 3.05) is 19.0 Å². The number of aliphatic hydroxyl groups is 1. The average Bonchev–Trinajstić information content (AvgIpc) is 2.83. The van der Waals surface area contributed by atoms with Crippen molar-refractivity contribution in [3.05, 3.63) is 23.9 Å². The Morgan fingerprint density at radius 1 is 1.45 bits per heavy atom. The van der Waals surface area contributed by atoms with E-state index in [-0.39, 0.29) is 12.3 Å². The number of carbonyl (C=O) groups is 1. The van der Waals surface area contributed by atoms with Crippen molar-refractivity contribution in [3.63, 3.8) is 0 Å². The molecule has 0 aromatic carbocycles. The lowest BCUT2D eigenvalue weighted by atomic mass is 9.97. The number of rotatable bonds is 5. The van der Waals surface area contributed by atoms with E-state index in [0.29, 0.717) is 6.54 Å². The van der Waals surface area contributed by atoms with Gasteiger partial charge in [0.05, 0.1) is 12.0 Å². The number of amides is 1. The molecule has 1 amide bonds. The fourth-order valence-corrected chi connectivity index (χ4v) is 2.59. The van der Waals surface area contributed by atoms with Gasteiger partial charge in [0.25, 0.3) is 0 Å². The van der Waals surface area contributed by atoms with E-state index in [1.54, 1.807) is 6.20 Å². The lowest BCUT2D eigenvalue weighted by Crippen LogP contribution is -2.34. The summed E-state index contributed by atoms with van der Waals surface area (Å²) in [7, 11) is 3.86. The first-order valence-electron chi connectivity index (χ1n) is 7.10. The zero-order valence-electron chi connectivity index (χ0n) is 12.2. The van der Waals surface area contributed by atoms with Gasteiger partial charge >= 0.3 is 0 Å². The van der Waals surface area contributed by atoms with Crippen LogP contribution in [0.15, 0.2) is 18.3 Å². The van der Waals surface area contributed by atoms with Gasteiger partial charge in [0, 0.05) is 26.8 Å². The van der Waals surface area contributed by atoms with E-state index in [0.717, 1.165) is 37.1 Å². The van der Waals surface area contributed by atoms with Crippen molar-refractivity contribution in [1.82, 2.24) is 10.3 Å². The second kappa shape index (κ2) is 6.22. The van der Waals surface area contributed by atoms with E-state index in [1.807, 2.05) is 31.1 Å². The molecule has 1 fully saturated rings. The second-order valence-corrected chi connectivity index (χ2v) is 5.80. The summed E-state index contributed by atoms with van der Waals surface area (Å²) >= 11 is 0. The maximum atomic E-state index is 11.9. The number of nitrogens with zero attached hydrogens (tertiary/aromatic N) is 2. The van der Waals surface area contributed by atoms with Crippen molar-refractivity contribution in [3.8, 4) is 0 Å². The van der Waals surface area contributed by atoms with Crippen LogP contribution in [-0.2, 0) is 11.3 Å². The summed E-state index contributed by atoms with van der Waals surface area (Å²) in [6, 6.07) is 3.84. The summed E-state index contributed by atoms with van der Waals surface area (Å²) in [4.78, 5) is 18.1. The molecule has 1 aromatic rings. The van der Waals surface area contributed by atoms with E-state index in [9.17, 15) is 9.90 Å². The van der Waals surface area contributed by atoms with Crippen LogP contribution in [0, 0.1) is 0 Å². The van der Waals surface area contributed by atoms with Gasteiger partial charge < -0.3 is 15.3 Å². The SMILES string of the molecule is CN(C)c1cc(CNC(=O)CC2(O)CCCC2)ccn1. The van der Waals surface area contributed by atoms with Crippen LogP contribution in [0.2, 0.25) is 0 Å². The Labute approximate surface area is 120 Å². The first kappa shape index (κ1) is 14.8. The van der Waals surface area contributed by atoms with Gasteiger partial charge in [-0.15, -0.1) is 0 Å². The van der Waals surface area contributed by atoms with Crippen LogP contribution in [0.3, 0.4) is 0 Å². The third kappa shape index (κ3) is 3.93. The van der Waals surface area contributed by atoms with Crippen molar-refractivity contribution in [2.45, 2.75) is 44.2 Å². The van der Waals surface area contributed by atoms with Gasteiger partial charge in [0.2, 0.25) is 5.91 Å². The molecule has 0 saturated heterocycles. The number of hydrogen-bond donors (Lipinski definition) is 2. The maximum Gasteiger partial charge on any atom is 0.223 e. The normalized spacial score (nSPS) is 16.9. The van der Waals surface area contributed by atoms with E-state index in [1.165, 1.54) is 0 Å².